The van der Waals surface area contributed by atoms with Gasteiger partial charge in [-0.2, -0.15) is 0 Å². The third-order valence-electron chi connectivity index (χ3n) is 2.80. The summed E-state index contributed by atoms with van der Waals surface area (Å²) in [4.78, 5) is 0. The molecule has 0 bridgehead atoms. The summed E-state index contributed by atoms with van der Waals surface area (Å²) in [6.07, 6.45) is 4.42. The smallest absolute Gasteiger partial charge is 0.113 e. The van der Waals surface area contributed by atoms with E-state index in [4.69, 9.17) is 4.74 Å². The first-order valence-electron chi connectivity index (χ1n) is 5.67. The number of benzene rings is 1. The molecule has 4 heteroatoms. The predicted molar refractivity (Wildman–Crippen MR) is 81.9 cm³/mol. The topological polar surface area (TPSA) is 21.3 Å². The van der Waals surface area contributed by atoms with Gasteiger partial charge in [0.1, 0.15) is 5.76 Å². The molecule has 0 saturated heterocycles. The summed E-state index contributed by atoms with van der Waals surface area (Å²) in [6.45, 7) is 0.825. The lowest BCUT2D eigenvalue weighted by Crippen LogP contribution is -2.22. The highest BCUT2D eigenvalue weighted by Crippen LogP contribution is 2.31. The lowest BCUT2D eigenvalue weighted by atomic mass is 10.0. The van der Waals surface area contributed by atoms with E-state index in [1.165, 1.54) is 9.13 Å². The molecule has 92 valence electrons. The van der Waals surface area contributed by atoms with Crippen LogP contribution in [0.1, 0.15) is 24.4 Å². The van der Waals surface area contributed by atoms with Crippen molar-refractivity contribution in [2.75, 3.05) is 13.7 Å². The van der Waals surface area contributed by atoms with E-state index in [1.807, 2.05) is 7.05 Å². The minimum atomic E-state index is 0.138. The van der Waals surface area contributed by atoms with Gasteiger partial charge in [0.05, 0.1) is 12.6 Å². The monoisotopic (exact) mass is 407 g/mol. The second-order valence-corrected chi connectivity index (χ2v) is 6.08. The molecule has 1 unspecified atom stereocenters. The fourth-order valence-electron chi connectivity index (χ4n) is 1.96. The quantitative estimate of drug-likeness (QED) is 0.764. The Bertz CT molecular complexity index is 433. The van der Waals surface area contributed by atoms with Gasteiger partial charge in [0.15, 0.2) is 0 Å². The van der Waals surface area contributed by atoms with Crippen LogP contribution in [0, 0.1) is 3.57 Å². The van der Waals surface area contributed by atoms with Crippen molar-refractivity contribution in [3.8, 4) is 0 Å². The van der Waals surface area contributed by atoms with E-state index in [2.05, 4.69) is 68.1 Å². The molecule has 1 aliphatic heterocycles. The van der Waals surface area contributed by atoms with Gasteiger partial charge in [-0.1, -0.05) is 15.9 Å². The maximum Gasteiger partial charge on any atom is 0.113 e. The molecular weight excluding hydrogens is 393 g/mol. The number of rotatable bonds is 3. The number of likely N-dealkylation sites (N-methyl/N-ethyl adjacent to an activating group) is 1. The number of hydrogen-bond acceptors (Lipinski definition) is 2. The first-order chi connectivity index (χ1) is 8.22. The molecule has 1 aromatic rings. The second-order valence-electron chi connectivity index (χ2n) is 3.98. The predicted octanol–water partition coefficient (Wildman–Crippen LogP) is 4.01. The van der Waals surface area contributed by atoms with Gasteiger partial charge >= 0.3 is 0 Å². The van der Waals surface area contributed by atoms with Crippen molar-refractivity contribution in [1.82, 2.24) is 5.32 Å². The molecule has 0 radical (unpaired) electrons. The molecular formula is C13H15BrINO. The summed E-state index contributed by atoms with van der Waals surface area (Å²) in [5.41, 5.74) is 1.23. The highest BCUT2D eigenvalue weighted by atomic mass is 127. The zero-order valence-electron chi connectivity index (χ0n) is 9.67. The summed E-state index contributed by atoms with van der Waals surface area (Å²) < 4.78 is 8.11. The average molecular weight is 408 g/mol. The zero-order valence-corrected chi connectivity index (χ0v) is 13.4. The van der Waals surface area contributed by atoms with E-state index >= 15 is 0 Å². The number of nitrogens with one attached hydrogen (secondary N) is 1. The molecule has 1 aliphatic rings. The third-order valence-corrected chi connectivity index (χ3v) is 4.20. The highest BCUT2D eigenvalue weighted by Gasteiger charge is 2.20. The van der Waals surface area contributed by atoms with Gasteiger partial charge in [0.25, 0.3) is 0 Å². The molecule has 0 aromatic heterocycles. The Morgan fingerprint density at radius 1 is 1.47 bits per heavy atom. The van der Waals surface area contributed by atoms with Crippen LogP contribution in [0.5, 0.6) is 0 Å². The summed E-state index contributed by atoms with van der Waals surface area (Å²) in [7, 11) is 1.97. The molecule has 1 heterocycles. The highest BCUT2D eigenvalue weighted by molar-refractivity contribution is 14.1. The van der Waals surface area contributed by atoms with Gasteiger partial charge in [0.2, 0.25) is 0 Å². The first-order valence-corrected chi connectivity index (χ1v) is 7.54. The summed E-state index contributed by atoms with van der Waals surface area (Å²) in [6, 6.07) is 6.51. The van der Waals surface area contributed by atoms with Gasteiger partial charge < -0.3 is 10.1 Å². The SMILES string of the molecule is CNC(C1=CCCCO1)c1cc(I)ccc1Br. The van der Waals surface area contributed by atoms with Gasteiger partial charge in [-0.05, 0) is 72.3 Å². The number of halogens is 2. The van der Waals surface area contributed by atoms with Crippen molar-refractivity contribution >= 4 is 38.5 Å². The summed E-state index contributed by atoms with van der Waals surface area (Å²) in [5.74, 6) is 1.04. The van der Waals surface area contributed by atoms with Gasteiger partial charge in [-0.25, -0.2) is 0 Å². The van der Waals surface area contributed by atoms with E-state index in [9.17, 15) is 0 Å². The Hall–Kier alpha value is -0.0700. The van der Waals surface area contributed by atoms with E-state index in [0.717, 1.165) is 29.7 Å². The summed E-state index contributed by atoms with van der Waals surface area (Å²) in [5, 5.41) is 3.33. The Balaban J connectivity index is 2.34. The van der Waals surface area contributed by atoms with Crippen LogP contribution in [0.3, 0.4) is 0 Å². The molecule has 0 saturated carbocycles. The first kappa shape index (κ1) is 13.4. The lowest BCUT2D eigenvalue weighted by Gasteiger charge is -2.24. The van der Waals surface area contributed by atoms with Crippen LogP contribution in [0.25, 0.3) is 0 Å². The van der Waals surface area contributed by atoms with Gasteiger partial charge in [0, 0.05) is 8.04 Å². The maximum absolute atomic E-state index is 5.76. The van der Waals surface area contributed by atoms with Crippen LogP contribution in [0.4, 0.5) is 0 Å². The number of allylic oxidation sites excluding steroid dienone is 1. The Labute approximate surface area is 124 Å². The van der Waals surface area contributed by atoms with E-state index in [-0.39, 0.29) is 6.04 Å². The minimum Gasteiger partial charge on any atom is -0.496 e. The lowest BCUT2D eigenvalue weighted by molar-refractivity contribution is 0.169. The van der Waals surface area contributed by atoms with Gasteiger partial charge in [-0.15, -0.1) is 0 Å². The molecule has 1 N–H and O–H groups in total. The van der Waals surface area contributed by atoms with Crippen LogP contribution in [-0.4, -0.2) is 13.7 Å². The molecule has 0 aliphatic carbocycles. The van der Waals surface area contributed by atoms with Crippen molar-refractivity contribution in [2.45, 2.75) is 18.9 Å². The van der Waals surface area contributed by atoms with Crippen LogP contribution in [0.2, 0.25) is 0 Å². The molecule has 0 spiro atoms. The van der Waals surface area contributed by atoms with Crippen molar-refractivity contribution in [3.63, 3.8) is 0 Å². The zero-order chi connectivity index (χ0) is 12.3. The van der Waals surface area contributed by atoms with E-state index in [0.29, 0.717) is 0 Å². The third kappa shape index (κ3) is 3.23. The van der Waals surface area contributed by atoms with Crippen LogP contribution >= 0.6 is 38.5 Å². The fraction of sp³-hybridized carbons (Fsp3) is 0.385. The fourth-order valence-corrected chi connectivity index (χ4v) is 2.96. The van der Waals surface area contributed by atoms with E-state index in [1.54, 1.807) is 0 Å². The standard InChI is InChI=1S/C13H15BrINO/c1-16-13(12-4-2-3-7-17-12)10-8-9(15)5-6-11(10)14/h4-6,8,13,16H,2-3,7H2,1H3. The molecule has 1 atom stereocenters. The maximum atomic E-state index is 5.76. The van der Waals surface area contributed by atoms with Crippen molar-refractivity contribution in [2.24, 2.45) is 0 Å². The van der Waals surface area contributed by atoms with Gasteiger partial charge in [-0.3, -0.25) is 0 Å². The largest absolute Gasteiger partial charge is 0.496 e. The van der Waals surface area contributed by atoms with Crippen molar-refractivity contribution < 1.29 is 4.74 Å². The van der Waals surface area contributed by atoms with Crippen molar-refractivity contribution in [3.05, 3.63) is 43.6 Å². The Morgan fingerprint density at radius 3 is 2.94 bits per heavy atom. The molecule has 17 heavy (non-hydrogen) atoms. The second kappa shape index (κ2) is 6.20. The van der Waals surface area contributed by atoms with Crippen LogP contribution in [-0.2, 0) is 4.74 Å². The number of hydrogen-bond donors (Lipinski definition) is 1. The van der Waals surface area contributed by atoms with Crippen LogP contribution in [0.15, 0.2) is 34.5 Å². The minimum absolute atomic E-state index is 0.138. The van der Waals surface area contributed by atoms with Crippen LogP contribution < -0.4 is 5.32 Å². The van der Waals surface area contributed by atoms with Crippen molar-refractivity contribution in [1.29, 1.82) is 0 Å². The molecule has 1 aromatic carbocycles. The Morgan fingerprint density at radius 2 is 2.29 bits per heavy atom. The molecule has 0 amide bonds. The number of ether oxygens (including phenoxy) is 1. The molecule has 2 nitrogen and oxygen atoms in total. The average Bonchev–Trinajstić information content (AvgIpc) is 2.36. The summed E-state index contributed by atoms with van der Waals surface area (Å²) >= 11 is 5.95. The molecule has 0 fully saturated rings. The normalized spacial score (nSPS) is 17.2. The molecule has 2 rings (SSSR count). The van der Waals surface area contributed by atoms with E-state index < -0.39 is 0 Å². The Kier molecular flexibility index (Phi) is 4.87.